The molecule has 270 valence electrons. The lowest BCUT2D eigenvalue weighted by molar-refractivity contribution is 0.669. The monoisotopic (exact) mass is 740 g/mol. The van der Waals surface area contributed by atoms with E-state index < -0.39 is 0 Å². The largest absolute Gasteiger partial charge is 0.456 e. The topological polar surface area (TPSA) is 56.7 Å². The van der Waals surface area contributed by atoms with Crippen molar-refractivity contribution in [2.75, 3.05) is 0 Å². The van der Waals surface area contributed by atoms with E-state index >= 15 is 0 Å². The van der Waals surface area contributed by atoms with E-state index in [0.29, 0.717) is 17.6 Å². The molecule has 3 aromatic heterocycles. The summed E-state index contributed by atoms with van der Waals surface area (Å²) in [7, 11) is 0. The summed E-state index contributed by atoms with van der Waals surface area (Å²) in [5.41, 5.74) is 10.1. The molecule has 0 atom stereocenters. The maximum atomic E-state index is 6.63. The molecule has 0 spiro atoms. The van der Waals surface area contributed by atoms with Gasteiger partial charge in [-0.2, -0.15) is 9.97 Å². The molecule has 12 aromatic rings. The number of furan rings is 1. The van der Waals surface area contributed by atoms with Crippen molar-refractivity contribution in [2.45, 2.75) is 0 Å². The lowest BCUT2D eigenvalue weighted by Crippen LogP contribution is -2.06. The van der Waals surface area contributed by atoms with E-state index in [-0.39, 0.29) is 0 Å². The molecule has 12 rings (SSSR count). The summed E-state index contributed by atoms with van der Waals surface area (Å²) in [5.74, 6) is 1.80. The van der Waals surface area contributed by atoms with Gasteiger partial charge in [0.15, 0.2) is 11.6 Å². The van der Waals surface area contributed by atoms with Crippen LogP contribution in [-0.4, -0.2) is 19.5 Å². The van der Waals surface area contributed by atoms with E-state index in [2.05, 4.69) is 138 Å². The molecule has 58 heavy (non-hydrogen) atoms. The number of hydrogen-bond donors (Lipinski definition) is 0. The Balaban J connectivity index is 1.04. The standard InChI is InChI=1S/C53H32N4O/c1-3-13-33(14-4-1)51-54-52(34-15-5-2-6-16-34)56-53(55-51)57-47-24-10-9-20-42(47)44-23-12-22-41(50(44)57)39-25-27-43-46-31-38(26-28-48(46)58-49(43)32-39)40-21-11-19-37-29-35-17-7-8-18-36(35)30-45(37)40/h1-32H. The Labute approximate surface area is 333 Å². The molecule has 0 aliphatic heterocycles. The van der Waals surface area contributed by atoms with Crippen LogP contribution < -0.4 is 0 Å². The fraction of sp³-hybridized carbons (Fsp3) is 0. The molecule has 0 N–H and O–H groups in total. The van der Waals surface area contributed by atoms with E-state index in [1.54, 1.807) is 0 Å². The number of fused-ring (bicyclic) bond motifs is 8. The Hall–Kier alpha value is -7.89. The van der Waals surface area contributed by atoms with Crippen molar-refractivity contribution in [3.8, 4) is 51.0 Å². The van der Waals surface area contributed by atoms with Gasteiger partial charge in [0.2, 0.25) is 5.95 Å². The Morgan fingerprint density at radius 2 is 0.966 bits per heavy atom. The number of aromatic nitrogens is 4. The van der Waals surface area contributed by atoms with Crippen molar-refractivity contribution < 1.29 is 4.42 Å². The molecular weight excluding hydrogens is 709 g/mol. The molecule has 0 bridgehead atoms. The first-order chi connectivity index (χ1) is 28.7. The van der Waals surface area contributed by atoms with Crippen molar-refractivity contribution in [3.05, 3.63) is 194 Å². The average molecular weight is 741 g/mol. The fourth-order valence-electron chi connectivity index (χ4n) is 8.69. The third-order valence-corrected chi connectivity index (χ3v) is 11.4. The predicted molar refractivity (Wildman–Crippen MR) is 238 cm³/mol. The highest BCUT2D eigenvalue weighted by atomic mass is 16.3. The maximum Gasteiger partial charge on any atom is 0.238 e. The van der Waals surface area contributed by atoms with E-state index in [1.807, 2.05) is 60.7 Å². The minimum Gasteiger partial charge on any atom is -0.456 e. The molecule has 5 heteroatoms. The molecule has 0 unspecified atom stereocenters. The normalized spacial score (nSPS) is 11.8. The van der Waals surface area contributed by atoms with Gasteiger partial charge in [-0.1, -0.05) is 152 Å². The van der Waals surface area contributed by atoms with Crippen LogP contribution in [0.2, 0.25) is 0 Å². The van der Waals surface area contributed by atoms with Crippen LogP contribution in [0.15, 0.2) is 199 Å². The van der Waals surface area contributed by atoms with E-state index in [9.17, 15) is 0 Å². The van der Waals surface area contributed by atoms with Crippen LogP contribution in [0, 0.1) is 0 Å². The highest BCUT2D eigenvalue weighted by molar-refractivity contribution is 6.15. The molecule has 3 heterocycles. The predicted octanol–water partition coefficient (Wildman–Crippen LogP) is 13.8. The van der Waals surface area contributed by atoms with Crippen LogP contribution in [0.3, 0.4) is 0 Å². The molecule has 0 amide bonds. The molecule has 0 fully saturated rings. The number of benzene rings is 9. The van der Waals surface area contributed by atoms with Crippen LogP contribution in [0.25, 0.3) is 116 Å². The molecule has 0 radical (unpaired) electrons. The number of para-hydroxylation sites is 2. The van der Waals surface area contributed by atoms with Gasteiger partial charge in [0.25, 0.3) is 0 Å². The van der Waals surface area contributed by atoms with Gasteiger partial charge in [0, 0.05) is 38.2 Å². The second-order valence-corrected chi connectivity index (χ2v) is 14.8. The van der Waals surface area contributed by atoms with Gasteiger partial charge >= 0.3 is 0 Å². The summed E-state index contributed by atoms with van der Waals surface area (Å²) >= 11 is 0. The van der Waals surface area contributed by atoms with Crippen molar-refractivity contribution in [3.63, 3.8) is 0 Å². The second-order valence-electron chi connectivity index (χ2n) is 14.8. The summed E-state index contributed by atoms with van der Waals surface area (Å²) in [5, 5.41) is 9.38. The molecule has 9 aromatic carbocycles. The first-order valence-corrected chi connectivity index (χ1v) is 19.5. The van der Waals surface area contributed by atoms with Gasteiger partial charge in [-0.25, -0.2) is 4.98 Å². The maximum absolute atomic E-state index is 6.63. The minimum atomic E-state index is 0.560. The van der Waals surface area contributed by atoms with Crippen LogP contribution in [0.1, 0.15) is 0 Å². The number of hydrogen-bond acceptors (Lipinski definition) is 4. The molecule has 0 saturated carbocycles. The third kappa shape index (κ3) is 5.14. The first kappa shape index (κ1) is 32.4. The average Bonchev–Trinajstić information content (AvgIpc) is 3.83. The first-order valence-electron chi connectivity index (χ1n) is 19.5. The number of rotatable bonds is 5. The fourth-order valence-corrected chi connectivity index (χ4v) is 8.69. The van der Waals surface area contributed by atoms with Crippen molar-refractivity contribution in [2.24, 2.45) is 0 Å². The van der Waals surface area contributed by atoms with Gasteiger partial charge in [-0.15, -0.1) is 0 Å². The van der Waals surface area contributed by atoms with E-state index in [0.717, 1.165) is 71.6 Å². The van der Waals surface area contributed by atoms with Gasteiger partial charge < -0.3 is 4.42 Å². The van der Waals surface area contributed by atoms with Crippen LogP contribution in [0.5, 0.6) is 0 Å². The molecule has 5 nitrogen and oxygen atoms in total. The Kier molecular flexibility index (Phi) is 7.16. The molecule has 0 saturated heterocycles. The van der Waals surface area contributed by atoms with Crippen molar-refractivity contribution in [1.29, 1.82) is 0 Å². The lowest BCUT2D eigenvalue weighted by atomic mass is 9.94. The summed E-state index contributed by atoms with van der Waals surface area (Å²) in [6.07, 6.45) is 0. The van der Waals surface area contributed by atoms with Gasteiger partial charge in [-0.05, 0) is 80.7 Å². The molecule has 0 aliphatic carbocycles. The number of nitrogens with zero attached hydrogens (tertiary/aromatic N) is 4. The van der Waals surface area contributed by atoms with Gasteiger partial charge in [-0.3, -0.25) is 4.57 Å². The summed E-state index contributed by atoms with van der Waals surface area (Å²) in [4.78, 5) is 15.3. The van der Waals surface area contributed by atoms with Gasteiger partial charge in [0.1, 0.15) is 11.2 Å². The summed E-state index contributed by atoms with van der Waals surface area (Å²) < 4.78 is 8.82. The van der Waals surface area contributed by atoms with Crippen LogP contribution in [0.4, 0.5) is 0 Å². The highest BCUT2D eigenvalue weighted by Gasteiger charge is 2.21. The van der Waals surface area contributed by atoms with Crippen LogP contribution in [-0.2, 0) is 0 Å². The van der Waals surface area contributed by atoms with E-state index in [1.165, 1.54) is 27.1 Å². The third-order valence-electron chi connectivity index (χ3n) is 11.4. The zero-order valence-electron chi connectivity index (χ0n) is 31.2. The Morgan fingerprint density at radius 1 is 0.345 bits per heavy atom. The summed E-state index contributed by atoms with van der Waals surface area (Å²) in [6.45, 7) is 0. The van der Waals surface area contributed by atoms with Gasteiger partial charge in [0.05, 0.1) is 11.0 Å². The van der Waals surface area contributed by atoms with E-state index in [4.69, 9.17) is 19.4 Å². The van der Waals surface area contributed by atoms with Crippen molar-refractivity contribution >= 4 is 65.3 Å². The SMILES string of the molecule is c1ccc(-c2nc(-c3ccccc3)nc(-n3c4ccccc4c4cccc(-c5ccc6c(c5)oc5ccc(-c7cccc8cc9ccccc9cc78)cc56)c43)n2)cc1. The van der Waals surface area contributed by atoms with Crippen molar-refractivity contribution in [1.82, 2.24) is 19.5 Å². The minimum absolute atomic E-state index is 0.560. The Bertz CT molecular complexity index is 3510. The molecular formula is C53H32N4O. The quantitative estimate of drug-likeness (QED) is 0.165. The molecule has 0 aliphatic rings. The van der Waals surface area contributed by atoms with Crippen LogP contribution >= 0.6 is 0 Å². The Morgan fingerprint density at radius 3 is 1.76 bits per heavy atom. The highest BCUT2D eigenvalue weighted by Crippen LogP contribution is 2.41. The zero-order valence-corrected chi connectivity index (χ0v) is 31.2. The smallest absolute Gasteiger partial charge is 0.238 e. The zero-order chi connectivity index (χ0) is 38.2. The summed E-state index contributed by atoms with van der Waals surface area (Å²) in [6, 6.07) is 68.1. The lowest BCUT2D eigenvalue weighted by Gasteiger charge is -2.13. The second kappa shape index (κ2) is 12.8.